The van der Waals surface area contributed by atoms with Crippen LogP contribution in [-0.4, -0.2) is 36.6 Å². The molecule has 1 aromatic heterocycles. The monoisotopic (exact) mass is 322 g/mol. The molecule has 0 saturated carbocycles. The van der Waals surface area contributed by atoms with E-state index >= 15 is 0 Å². The minimum atomic E-state index is 0.237. The molecule has 1 aliphatic rings. The molecule has 24 heavy (non-hydrogen) atoms. The number of benzene rings is 1. The number of nitrogens with zero attached hydrogens (tertiary/aromatic N) is 3. The molecule has 124 valence electrons. The third kappa shape index (κ3) is 3.66. The second-order valence-electron chi connectivity index (χ2n) is 5.93. The number of methoxy groups -OCH3 is 1. The second kappa shape index (κ2) is 7.80. The number of anilines is 1. The molecule has 0 spiro atoms. The number of nitrogens with one attached hydrogen (secondary N) is 1. The number of rotatable bonds is 6. The van der Waals surface area contributed by atoms with Gasteiger partial charge in [-0.1, -0.05) is 18.2 Å². The van der Waals surface area contributed by atoms with E-state index in [1.807, 2.05) is 18.2 Å². The van der Waals surface area contributed by atoms with Crippen molar-refractivity contribution >= 4 is 5.82 Å². The van der Waals surface area contributed by atoms with Crippen LogP contribution in [0.4, 0.5) is 5.82 Å². The van der Waals surface area contributed by atoms with Crippen LogP contribution in [0, 0.1) is 11.3 Å². The maximum atomic E-state index is 8.87. The van der Waals surface area contributed by atoms with Gasteiger partial charge in [-0.2, -0.15) is 5.26 Å². The highest BCUT2D eigenvalue weighted by Crippen LogP contribution is 2.31. The molecule has 1 saturated heterocycles. The maximum Gasteiger partial charge on any atom is 0.126 e. The van der Waals surface area contributed by atoms with Gasteiger partial charge < -0.3 is 10.1 Å². The van der Waals surface area contributed by atoms with Crippen LogP contribution < -0.4 is 10.1 Å². The Bertz CT molecular complexity index is 702. The van der Waals surface area contributed by atoms with Gasteiger partial charge in [-0.25, -0.2) is 4.98 Å². The van der Waals surface area contributed by atoms with Gasteiger partial charge in [-0.05, 0) is 44.1 Å². The van der Waals surface area contributed by atoms with Crippen molar-refractivity contribution in [2.45, 2.75) is 18.9 Å². The van der Waals surface area contributed by atoms with Crippen LogP contribution in [0.2, 0.25) is 0 Å². The van der Waals surface area contributed by atoms with Gasteiger partial charge in [0.05, 0.1) is 18.7 Å². The smallest absolute Gasteiger partial charge is 0.126 e. The third-order valence-corrected chi connectivity index (χ3v) is 4.45. The normalized spacial score (nSPS) is 15.7. The standard InChI is InChI=1S/C19H22N4O/c1-24-18-7-3-2-6-16(18)17(23-10-4-5-11-23)14-22-19-9-8-15(12-20)13-21-19/h2-3,6-9,13,17H,4-5,10-11,14H2,1H3,(H,21,22)/t17-/m1/s1. The highest BCUT2D eigenvalue weighted by molar-refractivity contribution is 5.41. The van der Waals surface area contributed by atoms with Crippen molar-refractivity contribution in [3.63, 3.8) is 0 Å². The Morgan fingerprint density at radius 2 is 2.04 bits per heavy atom. The molecule has 1 aliphatic heterocycles. The van der Waals surface area contributed by atoms with Gasteiger partial charge in [-0.15, -0.1) is 0 Å². The van der Waals surface area contributed by atoms with Crippen LogP contribution in [0.3, 0.4) is 0 Å². The van der Waals surface area contributed by atoms with E-state index in [-0.39, 0.29) is 6.04 Å². The summed E-state index contributed by atoms with van der Waals surface area (Å²) in [6.07, 6.45) is 4.07. The van der Waals surface area contributed by atoms with Crippen LogP contribution in [-0.2, 0) is 0 Å². The maximum absolute atomic E-state index is 8.87. The van der Waals surface area contributed by atoms with Gasteiger partial charge in [0.25, 0.3) is 0 Å². The Labute approximate surface area is 142 Å². The number of para-hydroxylation sites is 1. The first-order chi connectivity index (χ1) is 11.8. The first-order valence-corrected chi connectivity index (χ1v) is 8.29. The molecule has 2 aromatic rings. The highest BCUT2D eigenvalue weighted by Gasteiger charge is 2.25. The van der Waals surface area contributed by atoms with Crippen molar-refractivity contribution < 1.29 is 4.74 Å². The molecular formula is C19H22N4O. The Kier molecular flexibility index (Phi) is 5.29. The molecule has 1 atom stereocenters. The van der Waals surface area contributed by atoms with Gasteiger partial charge in [0, 0.05) is 18.3 Å². The summed E-state index contributed by atoms with van der Waals surface area (Å²) in [5, 5.41) is 12.3. The van der Waals surface area contributed by atoms with E-state index < -0.39 is 0 Å². The van der Waals surface area contributed by atoms with Crippen LogP contribution in [0.15, 0.2) is 42.6 Å². The lowest BCUT2D eigenvalue weighted by Gasteiger charge is -2.29. The first-order valence-electron chi connectivity index (χ1n) is 8.29. The quantitative estimate of drug-likeness (QED) is 0.885. The van der Waals surface area contributed by atoms with E-state index in [1.165, 1.54) is 18.4 Å². The summed E-state index contributed by atoms with van der Waals surface area (Å²) in [7, 11) is 1.72. The van der Waals surface area contributed by atoms with E-state index in [1.54, 1.807) is 19.4 Å². The van der Waals surface area contributed by atoms with Crippen LogP contribution in [0.25, 0.3) is 0 Å². The third-order valence-electron chi connectivity index (χ3n) is 4.45. The molecule has 2 heterocycles. The fraction of sp³-hybridized carbons (Fsp3) is 0.368. The van der Waals surface area contributed by atoms with Crippen LogP contribution in [0.1, 0.15) is 30.0 Å². The number of ether oxygens (including phenoxy) is 1. The number of aromatic nitrogens is 1. The Hall–Kier alpha value is -2.58. The van der Waals surface area contributed by atoms with Crippen molar-refractivity contribution in [3.05, 3.63) is 53.7 Å². The lowest BCUT2D eigenvalue weighted by atomic mass is 10.0. The van der Waals surface area contributed by atoms with Gasteiger partial charge in [-0.3, -0.25) is 4.90 Å². The van der Waals surface area contributed by atoms with E-state index in [2.05, 4.69) is 33.4 Å². The summed E-state index contributed by atoms with van der Waals surface area (Å²) in [4.78, 5) is 6.80. The second-order valence-corrected chi connectivity index (χ2v) is 5.93. The summed E-state index contributed by atoms with van der Waals surface area (Å²) in [6.45, 7) is 2.95. The van der Waals surface area contributed by atoms with Crippen molar-refractivity contribution in [2.24, 2.45) is 0 Å². The number of hydrogen-bond donors (Lipinski definition) is 1. The number of likely N-dealkylation sites (tertiary alicyclic amines) is 1. The average molecular weight is 322 g/mol. The predicted octanol–water partition coefficient (Wildman–Crippen LogP) is 3.21. The minimum Gasteiger partial charge on any atom is -0.496 e. The predicted molar refractivity (Wildman–Crippen MR) is 94.0 cm³/mol. The summed E-state index contributed by atoms with van der Waals surface area (Å²) >= 11 is 0. The molecule has 0 radical (unpaired) electrons. The summed E-state index contributed by atoms with van der Waals surface area (Å²) in [5.74, 6) is 1.71. The Morgan fingerprint density at radius 1 is 1.25 bits per heavy atom. The average Bonchev–Trinajstić information content (AvgIpc) is 3.17. The summed E-state index contributed by atoms with van der Waals surface area (Å²) in [5.41, 5.74) is 1.77. The SMILES string of the molecule is COc1ccccc1[C@@H](CNc1ccc(C#N)cn1)N1CCCC1. The van der Waals surface area contributed by atoms with E-state index in [0.29, 0.717) is 5.56 Å². The van der Waals surface area contributed by atoms with Crippen LogP contribution in [0.5, 0.6) is 5.75 Å². The Balaban J connectivity index is 1.78. The lowest BCUT2D eigenvalue weighted by molar-refractivity contribution is 0.249. The van der Waals surface area contributed by atoms with Gasteiger partial charge >= 0.3 is 0 Å². The molecule has 1 N–H and O–H groups in total. The molecule has 1 fully saturated rings. The highest BCUT2D eigenvalue weighted by atomic mass is 16.5. The molecule has 5 nitrogen and oxygen atoms in total. The van der Waals surface area contributed by atoms with Crippen LogP contribution >= 0.6 is 0 Å². The molecule has 5 heteroatoms. The van der Waals surface area contributed by atoms with Crippen molar-refractivity contribution in [3.8, 4) is 11.8 Å². The minimum absolute atomic E-state index is 0.237. The van der Waals surface area contributed by atoms with Crippen molar-refractivity contribution in [1.29, 1.82) is 5.26 Å². The number of pyridine rings is 1. The van der Waals surface area contributed by atoms with E-state index in [9.17, 15) is 0 Å². The first kappa shape index (κ1) is 16.3. The molecule has 0 amide bonds. The largest absolute Gasteiger partial charge is 0.496 e. The van der Waals surface area contributed by atoms with E-state index in [0.717, 1.165) is 31.2 Å². The lowest BCUT2D eigenvalue weighted by Crippen LogP contribution is -2.31. The molecule has 3 rings (SSSR count). The summed E-state index contributed by atoms with van der Waals surface area (Å²) in [6, 6.07) is 14.2. The fourth-order valence-corrected chi connectivity index (χ4v) is 3.20. The van der Waals surface area contributed by atoms with Crippen molar-refractivity contribution in [1.82, 2.24) is 9.88 Å². The van der Waals surface area contributed by atoms with Gasteiger partial charge in [0.2, 0.25) is 0 Å². The fourth-order valence-electron chi connectivity index (χ4n) is 3.20. The molecule has 0 aliphatic carbocycles. The molecular weight excluding hydrogens is 300 g/mol. The topological polar surface area (TPSA) is 61.2 Å². The number of hydrogen-bond acceptors (Lipinski definition) is 5. The van der Waals surface area contributed by atoms with E-state index in [4.69, 9.17) is 10.00 Å². The number of nitriles is 1. The molecule has 0 unspecified atom stereocenters. The zero-order valence-corrected chi connectivity index (χ0v) is 13.9. The summed E-state index contributed by atoms with van der Waals surface area (Å²) < 4.78 is 5.56. The van der Waals surface area contributed by atoms with Crippen molar-refractivity contribution in [2.75, 3.05) is 32.1 Å². The van der Waals surface area contributed by atoms with Gasteiger partial charge in [0.1, 0.15) is 17.6 Å². The molecule has 0 bridgehead atoms. The van der Waals surface area contributed by atoms with Gasteiger partial charge in [0.15, 0.2) is 0 Å². The molecule has 1 aromatic carbocycles. The Morgan fingerprint density at radius 3 is 2.71 bits per heavy atom. The zero-order valence-electron chi connectivity index (χ0n) is 13.9. The zero-order chi connectivity index (χ0) is 16.8.